The molecule has 0 bridgehead atoms. The zero-order valence-electron chi connectivity index (χ0n) is 28.9. The summed E-state index contributed by atoms with van der Waals surface area (Å²) in [6, 6.07) is 0. The highest BCUT2D eigenvalue weighted by Crippen LogP contribution is 2.24. The molecule has 0 amide bonds. The van der Waals surface area contributed by atoms with Crippen LogP contribution in [0.5, 0.6) is 0 Å². The second-order valence-electron chi connectivity index (χ2n) is 12.1. The van der Waals surface area contributed by atoms with Crippen LogP contribution in [-0.4, -0.2) is 35.5 Å². The van der Waals surface area contributed by atoms with E-state index in [4.69, 9.17) is 17.7 Å². The maximum atomic E-state index is 6.57. The molecule has 4 nitrogen and oxygen atoms in total. The van der Waals surface area contributed by atoms with E-state index in [2.05, 4.69) is 52.6 Å². The van der Waals surface area contributed by atoms with E-state index in [1.165, 1.54) is 0 Å². The largest absolute Gasteiger partial charge is 0.679 e. The van der Waals surface area contributed by atoms with Crippen molar-refractivity contribution in [1.29, 1.82) is 0 Å². The van der Waals surface area contributed by atoms with E-state index < -0.39 is 9.05 Å². The fraction of sp³-hybridized carbons (Fsp3) is 0.600. The monoisotopic (exact) mass is 640 g/mol. The summed E-state index contributed by atoms with van der Waals surface area (Å²) < 4.78 is 26.3. The van der Waals surface area contributed by atoms with Gasteiger partial charge in [-0.2, -0.15) is 0 Å². The second kappa shape index (κ2) is 30.6. The Kier molecular flexibility index (Phi) is 29.2. The zero-order valence-corrected chi connectivity index (χ0v) is 29.9. The lowest BCUT2D eigenvalue weighted by Gasteiger charge is -2.29. The zero-order chi connectivity index (χ0) is 33.4. The van der Waals surface area contributed by atoms with Gasteiger partial charge < -0.3 is 17.7 Å². The highest BCUT2D eigenvalue weighted by atomic mass is 28.4. The molecule has 0 aliphatic rings. The van der Waals surface area contributed by atoms with Gasteiger partial charge in [0.1, 0.15) is 0 Å². The third kappa shape index (κ3) is 23.0. The van der Waals surface area contributed by atoms with Crippen molar-refractivity contribution in [1.82, 2.24) is 0 Å². The predicted molar refractivity (Wildman–Crippen MR) is 199 cm³/mol. The molecule has 0 unspecified atom stereocenters. The molecule has 0 aromatic heterocycles. The summed E-state index contributed by atoms with van der Waals surface area (Å²) in [6.07, 6.45) is 31.5. The van der Waals surface area contributed by atoms with E-state index in [1.54, 1.807) is 0 Å². The molecule has 0 fully saturated rings. The molecule has 0 aliphatic carbocycles. The lowest BCUT2D eigenvalue weighted by Crippen LogP contribution is -2.50. The molecule has 0 atom stereocenters. The Morgan fingerprint density at radius 2 is 0.511 bits per heavy atom. The minimum Gasteiger partial charge on any atom is -0.351 e. The molecule has 45 heavy (non-hydrogen) atoms. The van der Waals surface area contributed by atoms with E-state index in [0.717, 1.165) is 103 Å². The molecule has 0 rings (SSSR count). The minimum atomic E-state index is -3.39. The molecule has 5 heteroatoms. The van der Waals surface area contributed by atoms with Crippen molar-refractivity contribution in [2.45, 2.75) is 103 Å². The Labute approximate surface area is 280 Å². The van der Waals surface area contributed by atoms with Gasteiger partial charge in [-0.1, -0.05) is 48.6 Å². The van der Waals surface area contributed by atoms with Crippen LogP contribution in [0.3, 0.4) is 0 Å². The quantitative estimate of drug-likeness (QED) is 0.0388. The fourth-order valence-electron chi connectivity index (χ4n) is 5.74. The van der Waals surface area contributed by atoms with Gasteiger partial charge >= 0.3 is 9.05 Å². The first kappa shape index (κ1) is 43.0. The number of hydrogen-bond acceptors (Lipinski definition) is 4. The van der Waals surface area contributed by atoms with Gasteiger partial charge in [0.25, 0.3) is 0 Å². The fourth-order valence-corrected chi connectivity index (χ4v) is 7.82. The van der Waals surface area contributed by atoms with Crippen molar-refractivity contribution in [3.63, 3.8) is 0 Å². The Hall–Kier alpha value is -2.02. The Morgan fingerprint density at radius 3 is 0.667 bits per heavy atom. The Balaban J connectivity index is 5.68. The standard InChI is InChI=1S/C40H68O4Si/c1-9-21-37(22-10-2)29-17-33-41-45(42-34-18-30-38(23-11-3)24-12-4,43-35-19-31-39(25-13-5)26-14-6)44-36-20-32-40(27-15-7)28-16-8/h9-16,37-40H,1-8,17-36H2. The van der Waals surface area contributed by atoms with Crippen molar-refractivity contribution < 1.29 is 17.7 Å². The van der Waals surface area contributed by atoms with E-state index in [9.17, 15) is 0 Å². The van der Waals surface area contributed by atoms with Gasteiger partial charge in [0.2, 0.25) is 0 Å². The van der Waals surface area contributed by atoms with Crippen LogP contribution >= 0.6 is 0 Å². The molecule has 0 saturated heterocycles. The average Bonchev–Trinajstić information content (AvgIpc) is 3.02. The van der Waals surface area contributed by atoms with Crippen molar-refractivity contribution in [2.75, 3.05) is 26.4 Å². The number of rotatable bonds is 36. The molecular weight excluding hydrogens is 573 g/mol. The van der Waals surface area contributed by atoms with Crippen LogP contribution in [0.2, 0.25) is 0 Å². The van der Waals surface area contributed by atoms with Crippen LogP contribution < -0.4 is 0 Å². The molecule has 0 radical (unpaired) electrons. The molecule has 0 aliphatic heterocycles. The highest BCUT2D eigenvalue weighted by Gasteiger charge is 2.45. The highest BCUT2D eigenvalue weighted by molar-refractivity contribution is 6.53. The van der Waals surface area contributed by atoms with Crippen LogP contribution in [0, 0.1) is 23.7 Å². The molecule has 0 spiro atoms. The maximum Gasteiger partial charge on any atom is 0.679 e. The van der Waals surface area contributed by atoms with Crippen molar-refractivity contribution in [3.05, 3.63) is 101 Å². The second-order valence-corrected chi connectivity index (χ2v) is 14.3. The third-order valence-corrected chi connectivity index (χ3v) is 10.4. The van der Waals surface area contributed by atoms with Gasteiger partial charge in [-0.05, 0) is 126 Å². The van der Waals surface area contributed by atoms with E-state index >= 15 is 0 Å². The van der Waals surface area contributed by atoms with E-state index in [0.29, 0.717) is 50.1 Å². The van der Waals surface area contributed by atoms with Crippen molar-refractivity contribution in [3.8, 4) is 0 Å². The van der Waals surface area contributed by atoms with Crippen LogP contribution in [0.25, 0.3) is 0 Å². The Bertz CT molecular complexity index is 633. The molecule has 0 saturated carbocycles. The topological polar surface area (TPSA) is 36.9 Å². The summed E-state index contributed by atoms with van der Waals surface area (Å²) in [6.45, 7) is 33.6. The van der Waals surface area contributed by atoms with Gasteiger partial charge in [-0.15, -0.1) is 52.6 Å². The summed E-state index contributed by atoms with van der Waals surface area (Å²) >= 11 is 0. The van der Waals surface area contributed by atoms with E-state index in [-0.39, 0.29) is 0 Å². The van der Waals surface area contributed by atoms with Gasteiger partial charge in [-0.25, -0.2) is 0 Å². The average molecular weight is 641 g/mol. The number of hydrogen-bond donors (Lipinski definition) is 0. The van der Waals surface area contributed by atoms with Gasteiger partial charge in [0.05, 0.1) is 0 Å². The van der Waals surface area contributed by atoms with Gasteiger partial charge in [0.15, 0.2) is 0 Å². The van der Waals surface area contributed by atoms with Crippen molar-refractivity contribution >= 4 is 9.05 Å². The molecule has 0 N–H and O–H groups in total. The minimum absolute atomic E-state index is 0.521. The van der Waals surface area contributed by atoms with Crippen LogP contribution in [0.1, 0.15) is 103 Å². The summed E-state index contributed by atoms with van der Waals surface area (Å²) in [5.41, 5.74) is 0. The summed E-state index contributed by atoms with van der Waals surface area (Å²) in [5, 5.41) is 0. The van der Waals surface area contributed by atoms with E-state index in [1.807, 2.05) is 48.6 Å². The summed E-state index contributed by atoms with van der Waals surface area (Å²) in [5.74, 6) is 2.08. The molecule has 0 heterocycles. The Morgan fingerprint density at radius 1 is 0.333 bits per heavy atom. The van der Waals surface area contributed by atoms with Crippen molar-refractivity contribution in [2.24, 2.45) is 23.7 Å². The van der Waals surface area contributed by atoms with Crippen LogP contribution in [-0.2, 0) is 17.7 Å². The lowest BCUT2D eigenvalue weighted by molar-refractivity contribution is -0.0388. The molecular formula is C40H68O4Si. The predicted octanol–water partition coefficient (Wildman–Crippen LogP) is 11.7. The lowest BCUT2D eigenvalue weighted by atomic mass is 9.96. The third-order valence-electron chi connectivity index (χ3n) is 8.14. The molecule has 256 valence electrons. The number of allylic oxidation sites excluding steroid dienone is 8. The SMILES string of the molecule is C=CCC(CC=C)CCCO[Si](OCCCC(CC=C)CC=C)(OCCCC(CC=C)CC=C)OCCCC(CC=C)CC=C. The summed E-state index contributed by atoms with van der Waals surface area (Å²) in [4.78, 5) is 0. The smallest absolute Gasteiger partial charge is 0.351 e. The van der Waals surface area contributed by atoms with Crippen LogP contribution in [0.15, 0.2) is 101 Å². The summed E-state index contributed by atoms with van der Waals surface area (Å²) in [7, 11) is -3.39. The molecule has 0 aromatic rings. The normalized spacial score (nSPS) is 11.6. The van der Waals surface area contributed by atoms with Crippen LogP contribution in [0.4, 0.5) is 0 Å². The van der Waals surface area contributed by atoms with Gasteiger partial charge in [0, 0.05) is 26.4 Å². The first-order valence-corrected chi connectivity index (χ1v) is 19.0. The maximum absolute atomic E-state index is 6.57. The molecule has 0 aromatic carbocycles. The first-order chi connectivity index (χ1) is 22.0. The first-order valence-electron chi connectivity index (χ1n) is 17.4. The van der Waals surface area contributed by atoms with Gasteiger partial charge in [-0.3, -0.25) is 0 Å².